The van der Waals surface area contributed by atoms with Crippen molar-refractivity contribution in [2.24, 2.45) is 0 Å². The number of aromatic nitrogens is 1. The minimum atomic E-state index is -0.428. The number of rotatable bonds is 2. The van der Waals surface area contributed by atoms with E-state index in [1.807, 2.05) is 25.1 Å². The van der Waals surface area contributed by atoms with Gasteiger partial charge in [0.1, 0.15) is 18.6 Å². The third kappa shape index (κ3) is 2.45. The number of anilines is 1. The van der Waals surface area contributed by atoms with E-state index in [9.17, 15) is 4.39 Å². The molecule has 82 valence electrons. The molecule has 0 aliphatic carbocycles. The zero-order valence-corrected chi connectivity index (χ0v) is 8.82. The SMILES string of the molecule is Cc1cccc(N2CCO[C@@H](CF)C2)n1. The van der Waals surface area contributed by atoms with Crippen molar-refractivity contribution in [1.82, 2.24) is 4.98 Å². The standard InChI is InChI=1S/C11H15FN2O/c1-9-3-2-4-11(13-9)14-5-6-15-10(7-12)8-14/h2-4,10H,5-8H2,1H3/t10-/m0/s1. The summed E-state index contributed by atoms with van der Waals surface area (Å²) >= 11 is 0. The van der Waals surface area contributed by atoms with E-state index in [0.717, 1.165) is 18.1 Å². The van der Waals surface area contributed by atoms with Crippen LogP contribution >= 0.6 is 0 Å². The van der Waals surface area contributed by atoms with E-state index >= 15 is 0 Å². The number of ether oxygens (including phenoxy) is 1. The molecule has 3 nitrogen and oxygen atoms in total. The van der Waals surface area contributed by atoms with Crippen molar-refractivity contribution in [2.75, 3.05) is 31.3 Å². The summed E-state index contributed by atoms with van der Waals surface area (Å²) in [4.78, 5) is 6.48. The summed E-state index contributed by atoms with van der Waals surface area (Å²) in [5, 5.41) is 0. The molecule has 0 spiro atoms. The predicted molar refractivity (Wildman–Crippen MR) is 56.9 cm³/mol. The molecule has 0 saturated carbocycles. The molecule has 0 bridgehead atoms. The number of hydrogen-bond acceptors (Lipinski definition) is 3. The normalized spacial score (nSPS) is 21.7. The monoisotopic (exact) mass is 210 g/mol. The summed E-state index contributed by atoms with van der Waals surface area (Å²) < 4.78 is 17.7. The summed E-state index contributed by atoms with van der Waals surface area (Å²) in [6.45, 7) is 3.48. The van der Waals surface area contributed by atoms with Gasteiger partial charge in [0.15, 0.2) is 0 Å². The molecule has 0 amide bonds. The highest BCUT2D eigenvalue weighted by molar-refractivity contribution is 5.39. The lowest BCUT2D eigenvalue weighted by molar-refractivity contribution is 0.0245. The van der Waals surface area contributed by atoms with E-state index < -0.39 is 6.67 Å². The van der Waals surface area contributed by atoms with Gasteiger partial charge in [0.25, 0.3) is 0 Å². The van der Waals surface area contributed by atoms with Gasteiger partial charge in [-0.3, -0.25) is 0 Å². The van der Waals surface area contributed by atoms with Gasteiger partial charge in [0.05, 0.1) is 6.61 Å². The van der Waals surface area contributed by atoms with Crippen LogP contribution in [0.3, 0.4) is 0 Å². The minimum Gasteiger partial charge on any atom is -0.372 e. The molecule has 1 fully saturated rings. The van der Waals surface area contributed by atoms with Crippen LogP contribution in [-0.4, -0.2) is 37.5 Å². The van der Waals surface area contributed by atoms with Gasteiger partial charge >= 0.3 is 0 Å². The summed E-state index contributed by atoms with van der Waals surface area (Å²) in [7, 11) is 0. The molecule has 2 heterocycles. The van der Waals surface area contributed by atoms with Crippen LogP contribution in [0.2, 0.25) is 0 Å². The van der Waals surface area contributed by atoms with Gasteiger partial charge in [-0.25, -0.2) is 9.37 Å². The first-order valence-electron chi connectivity index (χ1n) is 5.16. The number of aryl methyl sites for hydroxylation is 1. The van der Waals surface area contributed by atoms with Crippen LogP contribution in [0.25, 0.3) is 0 Å². The van der Waals surface area contributed by atoms with Crippen LogP contribution in [0.1, 0.15) is 5.69 Å². The molecular formula is C11H15FN2O. The van der Waals surface area contributed by atoms with E-state index in [2.05, 4.69) is 9.88 Å². The fourth-order valence-corrected chi connectivity index (χ4v) is 1.73. The Labute approximate surface area is 88.9 Å². The smallest absolute Gasteiger partial charge is 0.128 e. The van der Waals surface area contributed by atoms with Gasteiger partial charge in [-0.05, 0) is 19.1 Å². The maximum absolute atomic E-state index is 12.5. The summed E-state index contributed by atoms with van der Waals surface area (Å²) in [5.74, 6) is 0.914. The summed E-state index contributed by atoms with van der Waals surface area (Å²) in [6.07, 6.45) is -0.305. The molecule has 1 aliphatic rings. The molecule has 1 aromatic rings. The summed E-state index contributed by atoms with van der Waals surface area (Å²) in [6, 6.07) is 5.88. The van der Waals surface area contributed by atoms with Crippen molar-refractivity contribution in [3.63, 3.8) is 0 Å². The van der Waals surface area contributed by atoms with Crippen LogP contribution in [0, 0.1) is 6.92 Å². The Kier molecular flexibility index (Phi) is 3.16. The Morgan fingerprint density at radius 3 is 3.20 bits per heavy atom. The molecule has 15 heavy (non-hydrogen) atoms. The van der Waals surface area contributed by atoms with E-state index in [4.69, 9.17) is 4.74 Å². The fraction of sp³-hybridized carbons (Fsp3) is 0.545. The van der Waals surface area contributed by atoms with Crippen LogP contribution < -0.4 is 4.90 Å². The molecule has 0 unspecified atom stereocenters. The second-order valence-electron chi connectivity index (χ2n) is 3.73. The Bertz CT molecular complexity index is 332. The Morgan fingerprint density at radius 1 is 1.60 bits per heavy atom. The number of halogens is 1. The maximum atomic E-state index is 12.5. The van der Waals surface area contributed by atoms with Crippen LogP contribution in [0.4, 0.5) is 10.2 Å². The van der Waals surface area contributed by atoms with Gasteiger partial charge in [-0.2, -0.15) is 0 Å². The number of nitrogens with zero attached hydrogens (tertiary/aromatic N) is 2. The molecule has 1 saturated heterocycles. The highest BCUT2D eigenvalue weighted by atomic mass is 19.1. The number of hydrogen-bond donors (Lipinski definition) is 0. The van der Waals surface area contributed by atoms with Crippen LogP contribution in [0.15, 0.2) is 18.2 Å². The highest BCUT2D eigenvalue weighted by Gasteiger charge is 2.21. The second kappa shape index (κ2) is 4.57. The average molecular weight is 210 g/mol. The van der Waals surface area contributed by atoms with Crippen molar-refractivity contribution in [3.8, 4) is 0 Å². The molecule has 0 radical (unpaired) electrons. The predicted octanol–water partition coefficient (Wildman–Crippen LogP) is 1.56. The molecule has 1 aliphatic heterocycles. The topological polar surface area (TPSA) is 25.4 Å². The van der Waals surface area contributed by atoms with Crippen LogP contribution in [-0.2, 0) is 4.74 Å². The van der Waals surface area contributed by atoms with Crippen molar-refractivity contribution < 1.29 is 9.13 Å². The number of alkyl halides is 1. The molecule has 0 aromatic carbocycles. The largest absolute Gasteiger partial charge is 0.372 e. The molecule has 1 aromatic heterocycles. The Balaban J connectivity index is 2.09. The van der Waals surface area contributed by atoms with Gasteiger partial charge in [0, 0.05) is 18.8 Å². The maximum Gasteiger partial charge on any atom is 0.128 e. The lowest BCUT2D eigenvalue weighted by Crippen LogP contribution is -2.43. The number of pyridine rings is 1. The molecular weight excluding hydrogens is 195 g/mol. The Hall–Kier alpha value is -1.16. The van der Waals surface area contributed by atoms with Gasteiger partial charge < -0.3 is 9.64 Å². The first-order chi connectivity index (χ1) is 7.29. The first kappa shape index (κ1) is 10.4. The van der Waals surface area contributed by atoms with Crippen molar-refractivity contribution in [2.45, 2.75) is 13.0 Å². The van der Waals surface area contributed by atoms with Gasteiger partial charge in [0.2, 0.25) is 0 Å². The van der Waals surface area contributed by atoms with Crippen molar-refractivity contribution in [1.29, 1.82) is 0 Å². The Morgan fingerprint density at radius 2 is 2.47 bits per heavy atom. The van der Waals surface area contributed by atoms with Gasteiger partial charge in [-0.1, -0.05) is 6.07 Å². The lowest BCUT2D eigenvalue weighted by Gasteiger charge is -2.32. The molecule has 2 rings (SSSR count). The molecule has 1 atom stereocenters. The number of morpholine rings is 1. The second-order valence-corrected chi connectivity index (χ2v) is 3.73. The van der Waals surface area contributed by atoms with E-state index in [0.29, 0.717) is 13.2 Å². The minimum absolute atomic E-state index is 0.305. The third-order valence-corrected chi connectivity index (χ3v) is 2.51. The van der Waals surface area contributed by atoms with Crippen molar-refractivity contribution in [3.05, 3.63) is 23.9 Å². The van der Waals surface area contributed by atoms with E-state index in [-0.39, 0.29) is 6.10 Å². The molecule has 4 heteroatoms. The van der Waals surface area contributed by atoms with Gasteiger partial charge in [-0.15, -0.1) is 0 Å². The molecule has 0 N–H and O–H groups in total. The lowest BCUT2D eigenvalue weighted by atomic mass is 10.2. The van der Waals surface area contributed by atoms with E-state index in [1.165, 1.54) is 0 Å². The van der Waals surface area contributed by atoms with Crippen molar-refractivity contribution >= 4 is 5.82 Å². The zero-order valence-electron chi connectivity index (χ0n) is 8.82. The van der Waals surface area contributed by atoms with E-state index in [1.54, 1.807) is 0 Å². The first-order valence-corrected chi connectivity index (χ1v) is 5.16. The quantitative estimate of drug-likeness (QED) is 0.740. The average Bonchev–Trinajstić information content (AvgIpc) is 2.29. The summed E-state index contributed by atoms with van der Waals surface area (Å²) in [5.41, 5.74) is 0.982. The fourth-order valence-electron chi connectivity index (χ4n) is 1.73. The highest BCUT2D eigenvalue weighted by Crippen LogP contribution is 2.15. The third-order valence-electron chi connectivity index (χ3n) is 2.51. The van der Waals surface area contributed by atoms with Crippen LogP contribution in [0.5, 0.6) is 0 Å². The zero-order chi connectivity index (χ0) is 10.7.